The van der Waals surface area contributed by atoms with E-state index in [0.717, 1.165) is 12.0 Å². The Balaban J connectivity index is 2.29. The summed E-state index contributed by atoms with van der Waals surface area (Å²) in [4.78, 5) is 10.9. The van der Waals surface area contributed by atoms with E-state index in [9.17, 15) is 4.79 Å². The van der Waals surface area contributed by atoms with E-state index in [2.05, 4.69) is 0 Å². The van der Waals surface area contributed by atoms with Crippen molar-refractivity contribution in [3.05, 3.63) is 24.2 Å². The number of hydrogen-bond acceptors (Lipinski definition) is 2. The largest absolute Gasteiger partial charge is 0.472 e. The molecule has 0 aliphatic heterocycles. The van der Waals surface area contributed by atoms with Crippen LogP contribution in [0, 0.1) is 0 Å². The van der Waals surface area contributed by atoms with Gasteiger partial charge in [-0.25, -0.2) is 0 Å². The van der Waals surface area contributed by atoms with Crippen LogP contribution in [0.2, 0.25) is 0 Å². The van der Waals surface area contributed by atoms with Gasteiger partial charge in [0.15, 0.2) is 0 Å². The van der Waals surface area contributed by atoms with Crippen LogP contribution in [0.15, 0.2) is 23.0 Å². The molecule has 2 heteroatoms. The van der Waals surface area contributed by atoms with Crippen LogP contribution in [0.25, 0.3) is 0 Å². The van der Waals surface area contributed by atoms with Crippen molar-refractivity contribution in [1.82, 2.24) is 0 Å². The third-order valence-electron chi connectivity index (χ3n) is 1.67. The zero-order chi connectivity index (χ0) is 8.10. The fraction of sp³-hybridized carbons (Fsp3) is 0.444. The minimum atomic E-state index is 0.311. The standard InChI is InChI=1S/C9H12O2/c1-2-9(10)4-3-8-5-6-11-7-8/h5-7H,2-4H2,1H3. The molecule has 11 heavy (non-hydrogen) atoms. The molecule has 0 aliphatic carbocycles. The topological polar surface area (TPSA) is 30.2 Å². The Morgan fingerprint density at radius 2 is 2.45 bits per heavy atom. The highest BCUT2D eigenvalue weighted by atomic mass is 16.3. The Hall–Kier alpha value is -1.05. The lowest BCUT2D eigenvalue weighted by Crippen LogP contribution is -1.96. The van der Waals surface area contributed by atoms with E-state index < -0.39 is 0 Å². The fourth-order valence-corrected chi connectivity index (χ4v) is 0.895. The second kappa shape index (κ2) is 3.96. The highest BCUT2D eigenvalue weighted by molar-refractivity contribution is 5.78. The second-order valence-corrected chi connectivity index (χ2v) is 2.52. The molecule has 2 nitrogen and oxygen atoms in total. The van der Waals surface area contributed by atoms with Crippen molar-refractivity contribution >= 4 is 5.78 Å². The predicted molar refractivity (Wildman–Crippen MR) is 42.3 cm³/mol. The smallest absolute Gasteiger partial charge is 0.132 e. The molecule has 0 aliphatic rings. The molecule has 0 saturated carbocycles. The maximum Gasteiger partial charge on any atom is 0.132 e. The molecule has 0 aromatic carbocycles. The molecule has 1 aromatic heterocycles. The number of furan rings is 1. The van der Waals surface area contributed by atoms with Gasteiger partial charge in [-0.15, -0.1) is 0 Å². The van der Waals surface area contributed by atoms with Crippen LogP contribution in [0.4, 0.5) is 0 Å². The molecule has 0 radical (unpaired) electrons. The van der Waals surface area contributed by atoms with Crippen molar-refractivity contribution in [2.45, 2.75) is 26.2 Å². The van der Waals surface area contributed by atoms with Gasteiger partial charge in [0.2, 0.25) is 0 Å². The van der Waals surface area contributed by atoms with Crippen LogP contribution in [0.3, 0.4) is 0 Å². The van der Waals surface area contributed by atoms with Gasteiger partial charge in [-0.2, -0.15) is 0 Å². The Morgan fingerprint density at radius 3 is 3.00 bits per heavy atom. The van der Waals surface area contributed by atoms with E-state index in [0.29, 0.717) is 18.6 Å². The van der Waals surface area contributed by atoms with Crippen LogP contribution >= 0.6 is 0 Å². The molecule has 0 N–H and O–H groups in total. The molecule has 1 heterocycles. The SMILES string of the molecule is CCC(=O)CCc1ccoc1. The van der Waals surface area contributed by atoms with E-state index in [1.54, 1.807) is 12.5 Å². The van der Waals surface area contributed by atoms with Crippen molar-refractivity contribution in [2.75, 3.05) is 0 Å². The van der Waals surface area contributed by atoms with Crippen molar-refractivity contribution in [1.29, 1.82) is 0 Å². The van der Waals surface area contributed by atoms with Gasteiger partial charge in [0.1, 0.15) is 5.78 Å². The monoisotopic (exact) mass is 152 g/mol. The number of carbonyl (C=O) groups is 1. The highest BCUT2D eigenvalue weighted by Gasteiger charge is 1.99. The van der Waals surface area contributed by atoms with E-state index in [-0.39, 0.29) is 0 Å². The van der Waals surface area contributed by atoms with Gasteiger partial charge in [-0.3, -0.25) is 4.79 Å². The van der Waals surface area contributed by atoms with Gasteiger partial charge in [0.25, 0.3) is 0 Å². The molecule has 1 rings (SSSR count). The summed E-state index contributed by atoms with van der Waals surface area (Å²) in [6.45, 7) is 1.89. The van der Waals surface area contributed by atoms with Crippen LogP contribution in [0.5, 0.6) is 0 Å². The normalized spacial score (nSPS) is 9.91. The minimum Gasteiger partial charge on any atom is -0.472 e. The van der Waals surface area contributed by atoms with Crippen molar-refractivity contribution < 1.29 is 9.21 Å². The summed E-state index contributed by atoms with van der Waals surface area (Å²) in [6, 6.07) is 1.89. The summed E-state index contributed by atoms with van der Waals surface area (Å²) in [6.07, 6.45) is 5.39. The number of rotatable bonds is 4. The van der Waals surface area contributed by atoms with Gasteiger partial charge in [-0.05, 0) is 18.1 Å². The zero-order valence-electron chi connectivity index (χ0n) is 6.67. The maximum absolute atomic E-state index is 10.9. The Kier molecular flexibility index (Phi) is 2.90. The number of ketones is 1. The van der Waals surface area contributed by atoms with Crippen LogP contribution < -0.4 is 0 Å². The molecular weight excluding hydrogens is 140 g/mol. The number of carbonyl (C=O) groups excluding carboxylic acids is 1. The fourth-order valence-electron chi connectivity index (χ4n) is 0.895. The summed E-state index contributed by atoms with van der Waals surface area (Å²) >= 11 is 0. The molecule has 1 aromatic rings. The Bertz CT molecular complexity index is 211. The summed E-state index contributed by atoms with van der Waals surface area (Å²) in [7, 11) is 0. The minimum absolute atomic E-state index is 0.311. The van der Waals surface area contributed by atoms with E-state index in [1.807, 2.05) is 13.0 Å². The van der Waals surface area contributed by atoms with Crippen LogP contribution in [0.1, 0.15) is 25.3 Å². The summed E-state index contributed by atoms with van der Waals surface area (Å²) < 4.78 is 4.87. The maximum atomic E-state index is 10.9. The van der Waals surface area contributed by atoms with Gasteiger partial charge in [-0.1, -0.05) is 6.92 Å². The summed E-state index contributed by atoms with van der Waals surface area (Å²) in [5.41, 5.74) is 1.10. The van der Waals surface area contributed by atoms with Gasteiger partial charge in [0.05, 0.1) is 12.5 Å². The van der Waals surface area contributed by atoms with Crippen LogP contribution in [-0.4, -0.2) is 5.78 Å². The van der Waals surface area contributed by atoms with E-state index in [1.165, 1.54) is 0 Å². The van der Waals surface area contributed by atoms with Gasteiger partial charge < -0.3 is 4.42 Å². The number of Topliss-reactive ketones (excluding diaryl/α,β-unsaturated/α-hetero) is 1. The van der Waals surface area contributed by atoms with Crippen molar-refractivity contribution in [2.24, 2.45) is 0 Å². The molecule has 0 unspecified atom stereocenters. The van der Waals surface area contributed by atoms with Crippen LogP contribution in [-0.2, 0) is 11.2 Å². The summed E-state index contributed by atoms with van der Waals surface area (Å²) in [5, 5.41) is 0. The van der Waals surface area contributed by atoms with Crippen molar-refractivity contribution in [3.63, 3.8) is 0 Å². The molecule has 60 valence electrons. The lowest BCUT2D eigenvalue weighted by atomic mass is 10.1. The average Bonchev–Trinajstić information content (AvgIpc) is 2.52. The number of hydrogen-bond donors (Lipinski definition) is 0. The molecule has 0 fully saturated rings. The molecule has 0 spiro atoms. The quantitative estimate of drug-likeness (QED) is 0.662. The first-order chi connectivity index (χ1) is 5.33. The van der Waals surface area contributed by atoms with E-state index >= 15 is 0 Å². The first kappa shape index (κ1) is 8.05. The highest BCUT2D eigenvalue weighted by Crippen LogP contribution is 2.04. The predicted octanol–water partition coefficient (Wildman–Crippen LogP) is 2.19. The first-order valence-electron chi connectivity index (χ1n) is 3.85. The Morgan fingerprint density at radius 1 is 1.64 bits per heavy atom. The van der Waals surface area contributed by atoms with E-state index in [4.69, 9.17) is 4.42 Å². The zero-order valence-corrected chi connectivity index (χ0v) is 6.67. The lowest BCUT2D eigenvalue weighted by Gasteiger charge is -1.93. The third kappa shape index (κ3) is 2.58. The van der Waals surface area contributed by atoms with Gasteiger partial charge in [0, 0.05) is 12.8 Å². The molecule has 0 atom stereocenters. The first-order valence-corrected chi connectivity index (χ1v) is 3.85. The van der Waals surface area contributed by atoms with Gasteiger partial charge >= 0.3 is 0 Å². The average molecular weight is 152 g/mol. The van der Waals surface area contributed by atoms with Crippen molar-refractivity contribution in [3.8, 4) is 0 Å². The second-order valence-electron chi connectivity index (χ2n) is 2.52. The Labute approximate surface area is 66.2 Å². The number of aryl methyl sites for hydroxylation is 1. The molecule has 0 amide bonds. The summed E-state index contributed by atoms with van der Waals surface area (Å²) in [5.74, 6) is 0.311. The molecule has 0 bridgehead atoms. The third-order valence-corrected chi connectivity index (χ3v) is 1.67. The molecule has 0 saturated heterocycles. The lowest BCUT2D eigenvalue weighted by molar-refractivity contribution is -0.118. The molecular formula is C9H12O2.